The summed E-state index contributed by atoms with van der Waals surface area (Å²) in [7, 11) is 0. The normalized spacial score (nSPS) is 20.9. The van der Waals surface area contributed by atoms with Crippen molar-refractivity contribution < 1.29 is 14.6 Å². The molecule has 4 heteroatoms. The van der Waals surface area contributed by atoms with Gasteiger partial charge in [-0.15, -0.1) is 0 Å². The van der Waals surface area contributed by atoms with Gasteiger partial charge >= 0.3 is 0 Å². The largest absolute Gasteiger partial charge is 0.493 e. The minimum Gasteiger partial charge on any atom is -0.493 e. The lowest BCUT2D eigenvalue weighted by atomic mass is 10.0. The van der Waals surface area contributed by atoms with Gasteiger partial charge in [0.25, 0.3) is 0 Å². The highest BCUT2D eigenvalue weighted by Gasteiger charge is 2.22. The summed E-state index contributed by atoms with van der Waals surface area (Å²) in [6.45, 7) is 3.35. The fourth-order valence-corrected chi connectivity index (χ4v) is 2.65. The number of hydrogen-bond acceptors (Lipinski definition) is 3. The molecule has 0 aromatic heterocycles. The maximum atomic E-state index is 10.3. The van der Waals surface area contributed by atoms with E-state index < -0.39 is 6.10 Å². The van der Waals surface area contributed by atoms with Crippen LogP contribution in [0.1, 0.15) is 37.9 Å². The topological polar surface area (TPSA) is 38.7 Å². The highest BCUT2D eigenvalue weighted by molar-refractivity contribution is 9.10. The van der Waals surface area contributed by atoms with E-state index in [1.165, 1.54) is 0 Å². The van der Waals surface area contributed by atoms with Crippen LogP contribution < -0.4 is 4.74 Å². The number of ether oxygens (including phenoxy) is 2. The van der Waals surface area contributed by atoms with E-state index >= 15 is 0 Å². The second-order valence-electron chi connectivity index (χ2n) is 4.50. The highest BCUT2D eigenvalue weighted by Crippen LogP contribution is 2.33. The lowest BCUT2D eigenvalue weighted by Crippen LogP contribution is -2.12. The van der Waals surface area contributed by atoms with E-state index in [1.54, 1.807) is 0 Å². The molecular formula is C14H19BrO3. The molecule has 3 nitrogen and oxygen atoms in total. The molecule has 1 aliphatic heterocycles. The molecular weight excluding hydrogens is 296 g/mol. The summed E-state index contributed by atoms with van der Waals surface area (Å²) in [5, 5.41) is 10.3. The molecule has 0 bridgehead atoms. The fourth-order valence-electron chi connectivity index (χ4n) is 2.27. The average Bonchev–Trinajstić information content (AvgIpc) is 2.84. The van der Waals surface area contributed by atoms with Crippen LogP contribution in [0.25, 0.3) is 0 Å². The molecule has 18 heavy (non-hydrogen) atoms. The summed E-state index contributed by atoms with van der Waals surface area (Å²) >= 11 is 3.43. The van der Waals surface area contributed by atoms with Crippen molar-refractivity contribution in [3.05, 3.63) is 28.2 Å². The van der Waals surface area contributed by atoms with Crippen molar-refractivity contribution in [1.82, 2.24) is 0 Å². The van der Waals surface area contributed by atoms with E-state index in [2.05, 4.69) is 15.9 Å². The van der Waals surface area contributed by atoms with E-state index in [0.29, 0.717) is 13.0 Å². The van der Waals surface area contributed by atoms with Gasteiger partial charge in [-0.1, -0.05) is 15.9 Å². The van der Waals surface area contributed by atoms with Gasteiger partial charge in [-0.05, 0) is 38.0 Å². The molecule has 2 atom stereocenters. The first kappa shape index (κ1) is 13.8. The van der Waals surface area contributed by atoms with Crippen LogP contribution in [0, 0.1) is 0 Å². The Morgan fingerprint density at radius 3 is 3.06 bits per heavy atom. The van der Waals surface area contributed by atoms with Crippen molar-refractivity contribution in [3.63, 3.8) is 0 Å². The molecule has 1 saturated heterocycles. The van der Waals surface area contributed by atoms with Gasteiger partial charge in [-0.3, -0.25) is 0 Å². The van der Waals surface area contributed by atoms with E-state index in [4.69, 9.17) is 9.47 Å². The smallest absolute Gasteiger partial charge is 0.125 e. The zero-order chi connectivity index (χ0) is 13.0. The molecule has 2 rings (SSSR count). The van der Waals surface area contributed by atoms with Gasteiger partial charge in [-0.25, -0.2) is 0 Å². The molecule has 1 N–H and O–H groups in total. The van der Waals surface area contributed by atoms with Crippen LogP contribution >= 0.6 is 15.9 Å². The molecule has 1 fully saturated rings. The summed E-state index contributed by atoms with van der Waals surface area (Å²) in [6, 6.07) is 5.74. The van der Waals surface area contributed by atoms with Crippen LogP contribution in [0.15, 0.2) is 22.7 Å². The molecule has 1 heterocycles. The Labute approximate surface area is 116 Å². The average molecular weight is 315 g/mol. The van der Waals surface area contributed by atoms with Crippen molar-refractivity contribution in [2.45, 2.75) is 38.4 Å². The first-order valence-electron chi connectivity index (χ1n) is 6.42. The van der Waals surface area contributed by atoms with Crippen molar-refractivity contribution in [3.8, 4) is 5.75 Å². The third kappa shape index (κ3) is 3.46. The van der Waals surface area contributed by atoms with Crippen molar-refractivity contribution in [2.75, 3.05) is 13.2 Å². The van der Waals surface area contributed by atoms with Gasteiger partial charge in [0.2, 0.25) is 0 Å². The quantitative estimate of drug-likeness (QED) is 0.904. The van der Waals surface area contributed by atoms with E-state index in [-0.39, 0.29) is 6.10 Å². The maximum Gasteiger partial charge on any atom is 0.125 e. The summed E-state index contributed by atoms with van der Waals surface area (Å²) < 4.78 is 12.1. The Kier molecular flexibility index (Phi) is 5.03. The molecule has 0 spiro atoms. The lowest BCUT2D eigenvalue weighted by Gasteiger charge is -2.18. The van der Waals surface area contributed by atoms with E-state index in [0.717, 1.165) is 35.2 Å². The summed E-state index contributed by atoms with van der Waals surface area (Å²) in [6.07, 6.45) is 2.40. The van der Waals surface area contributed by atoms with Gasteiger partial charge in [0.05, 0.1) is 18.8 Å². The van der Waals surface area contributed by atoms with Crippen molar-refractivity contribution >= 4 is 15.9 Å². The van der Waals surface area contributed by atoms with Crippen molar-refractivity contribution in [2.24, 2.45) is 0 Å². The molecule has 0 saturated carbocycles. The first-order chi connectivity index (χ1) is 8.70. The SMILES string of the molecule is CCOc1ccc(Br)cc1C(O)CC1CCCO1. The van der Waals surface area contributed by atoms with Crippen LogP contribution in [-0.2, 0) is 4.74 Å². The van der Waals surface area contributed by atoms with E-state index in [9.17, 15) is 5.11 Å². The molecule has 1 aromatic carbocycles. The van der Waals surface area contributed by atoms with Crippen LogP contribution in [0.4, 0.5) is 0 Å². The molecule has 1 aliphatic rings. The fraction of sp³-hybridized carbons (Fsp3) is 0.571. The third-order valence-corrected chi connectivity index (χ3v) is 3.63. The molecule has 0 amide bonds. The number of aliphatic hydroxyl groups excluding tert-OH is 1. The molecule has 100 valence electrons. The molecule has 0 aliphatic carbocycles. The number of benzene rings is 1. The minimum atomic E-state index is -0.535. The Hall–Kier alpha value is -0.580. The van der Waals surface area contributed by atoms with Gasteiger partial charge in [0.1, 0.15) is 5.75 Å². The Morgan fingerprint density at radius 2 is 2.39 bits per heavy atom. The van der Waals surface area contributed by atoms with Crippen LogP contribution in [0.2, 0.25) is 0 Å². The summed E-state index contributed by atoms with van der Waals surface area (Å²) in [4.78, 5) is 0. The zero-order valence-corrected chi connectivity index (χ0v) is 12.1. The number of halogens is 1. The third-order valence-electron chi connectivity index (χ3n) is 3.14. The minimum absolute atomic E-state index is 0.174. The number of rotatable bonds is 5. The predicted molar refractivity (Wildman–Crippen MR) is 73.9 cm³/mol. The summed E-state index contributed by atoms with van der Waals surface area (Å²) in [5.74, 6) is 0.756. The van der Waals surface area contributed by atoms with Crippen LogP contribution in [-0.4, -0.2) is 24.4 Å². The lowest BCUT2D eigenvalue weighted by molar-refractivity contribution is 0.0524. The monoisotopic (exact) mass is 314 g/mol. The second-order valence-corrected chi connectivity index (χ2v) is 5.42. The van der Waals surface area contributed by atoms with Gasteiger partial charge in [-0.2, -0.15) is 0 Å². The first-order valence-corrected chi connectivity index (χ1v) is 7.22. The van der Waals surface area contributed by atoms with Gasteiger partial charge in [0, 0.05) is 23.1 Å². The Morgan fingerprint density at radius 1 is 1.56 bits per heavy atom. The molecule has 2 unspecified atom stereocenters. The number of hydrogen-bond donors (Lipinski definition) is 1. The van der Waals surface area contributed by atoms with Gasteiger partial charge < -0.3 is 14.6 Å². The van der Waals surface area contributed by atoms with E-state index in [1.807, 2.05) is 25.1 Å². The molecule has 0 radical (unpaired) electrons. The van der Waals surface area contributed by atoms with Crippen LogP contribution in [0.3, 0.4) is 0 Å². The van der Waals surface area contributed by atoms with Crippen LogP contribution in [0.5, 0.6) is 5.75 Å². The molecule has 1 aromatic rings. The maximum absolute atomic E-state index is 10.3. The Bertz CT molecular complexity index is 389. The predicted octanol–water partition coefficient (Wildman–Crippen LogP) is 3.45. The van der Waals surface area contributed by atoms with Crippen molar-refractivity contribution in [1.29, 1.82) is 0 Å². The second kappa shape index (κ2) is 6.55. The zero-order valence-electron chi connectivity index (χ0n) is 10.6. The standard InChI is InChI=1S/C14H19BrO3/c1-2-17-14-6-5-10(15)8-12(14)13(16)9-11-4-3-7-18-11/h5-6,8,11,13,16H,2-4,7,9H2,1H3. The highest BCUT2D eigenvalue weighted by atomic mass is 79.9. The number of aliphatic hydroxyl groups is 1. The summed E-state index contributed by atoms with van der Waals surface area (Å²) in [5.41, 5.74) is 0.835. The van der Waals surface area contributed by atoms with Gasteiger partial charge in [0.15, 0.2) is 0 Å². The Balaban J connectivity index is 2.11.